The Morgan fingerprint density at radius 2 is 2.14 bits per heavy atom. The summed E-state index contributed by atoms with van der Waals surface area (Å²) in [5, 5.41) is 7.57. The van der Waals surface area contributed by atoms with Gasteiger partial charge in [-0.05, 0) is 48.4 Å². The van der Waals surface area contributed by atoms with Crippen LogP contribution in [0.5, 0.6) is 0 Å². The van der Waals surface area contributed by atoms with E-state index in [0.29, 0.717) is 17.3 Å². The van der Waals surface area contributed by atoms with Gasteiger partial charge < -0.3 is 5.32 Å². The van der Waals surface area contributed by atoms with E-state index in [1.54, 1.807) is 0 Å². The summed E-state index contributed by atoms with van der Waals surface area (Å²) in [6.45, 7) is 4.57. The van der Waals surface area contributed by atoms with Crippen molar-refractivity contribution in [3.63, 3.8) is 0 Å². The summed E-state index contributed by atoms with van der Waals surface area (Å²) >= 11 is 10.1. The van der Waals surface area contributed by atoms with Crippen LogP contribution in [-0.4, -0.2) is 11.3 Å². The fourth-order valence-electron chi connectivity index (χ4n) is 2.90. The van der Waals surface area contributed by atoms with Crippen LogP contribution in [0.3, 0.4) is 0 Å². The number of nitrogens with one attached hydrogen (secondary N) is 1. The number of fused-ring (bicyclic) bond motifs is 1. The largest absolute Gasteiger partial charge is 0.307 e. The lowest BCUT2D eigenvalue weighted by Gasteiger charge is -2.30. The minimum Gasteiger partial charge on any atom is -0.307 e. The summed E-state index contributed by atoms with van der Waals surface area (Å²) in [7, 11) is 0. The van der Waals surface area contributed by atoms with Crippen molar-refractivity contribution in [2.24, 2.45) is 0 Å². The van der Waals surface area contributed by atoms with E-state index in [1.807, 2.05) is 35.2 Å². The minimum atomic E-state index is 0.415. The quantitative estimate of drug-likeness (QED) is 0.785. The molecular weight excluding hydrogens is 318 g/mol. The molecule has 0 spiro atoms. The highest BCUT2D eigenvalue weighted by Crippen LogP contribution is 2.43. The third-order valence-corrected chi connectivity index (χ3v) is 6.59. The molecule has 1 aliphatic heterocycles. The van der Waals surface area contributed by atoms with Crippen LogP contribution in [0.15, 0.2) is 39.9 Å². The molecule has 1 aromatic carbocycles. The predicted octanol–water partition coefficient (Wildman–Crippen LogP) is 5.55. The lowest BCUT2D eigenvalue weighted by atomic mass is 10.0. The molecule has 112 valence electrons. The number of hydrogen-bond acceptors (Lipinski definition) is 3. The summed E-state index contributed by atoms with van der Waals surface area (Å²) < 4.78 is 1.48. The summed E-state index contributed by atoms with van der Waals surface area (Å²) in [4.78, 5) is 0. The first-order valence-electron chi connectivity index (χ1n) is 7.37. The average Bonchev–Trinajstić information content (AvgIpc) is 2.89. The highest BCUT2D eigenvalue weighted by Gasteiger charge is 2.27. The summed E-state index contributed by atoms with van der Waals surface area (Å²) in [6, 6.07) is 11.3. The van der Waals surface area contributed by atoms with Crippen molar-refractivity contribution in [2.45, 2.75) is 48.2 Å². The lowest BCUT2D eigenvalue weighted by Crippen LogP contribution is -2.34. The van der Waals surface area contributed by atoms with Gasteiger partial charge in [0.25, 0.3) is 0 Å². The minimum absolute atomic E-state index is 0.415. The van der Waals surface area contributed by atoms with E-state index in [1.165, 1.54) is 21.8 Å². The molecule has 21 heavy (non-hydrogen) atoms. The first-order chi connectivity index (χ1) is 10.1. The monoisotopic (exact) mass is 337 g/mol. The van der Waals surface area contributed by atoms with Crippen LogP contribution in [0.1, 0.15) is 37.4 Å². The molecule has 1 aromatic heterocycles. The van der Waals surface area contributed by atoms with Gasteiger partial charge in [0.15, 0.2) is 0 Å². The number of thioether (sulfide) groups is 1. The van der Waals surface area contributed by atoms with E-state index in [2.05, 4.69) is 42.7 Å². The zero-order chi connectivity index (χ0) is 14.8. The van der Waals surface area contributed by atoms with Crippen LogP contribution < -0.4 is 5.32 Å². The molecule has 3 rings (SSSR count). The van der Waals surface area contributed by atoms with Crippen LogP contribution in [0.4, 0.5) is 0 Å². The maximum atomic E-state index is 6.27. The van der Waals surface area contributed by atoms with Gasteiger partial charge in [0.2, 0.25) is 0 Å². The van der Waals surface area contributed by atoms with Gasteiger partial charge in [-0.15, -0.1) is 23.1 Å². The van der Waals surface area contributed by atoms with E-state index < -0.39 is 0 Å². The van der Waals surface area contributed by atoms with Gasteiger partial charge in [0, 0.05) is 22.4 Å². The molecule has 0 saturated carbocycles. The Kier molecular flexibility index (Phi) is 4.95. The Labute approximate surface area is 140 Å². The molecule has 0 amide bonds. The molecule has 1 nitrogen and oxygen atoms in total. The molecular formula is C17H20ClNS2. The van der Waals surface area contributed by atoms with Gasteiger partial charge in [-0.3, -0.25) is 0 Å². The van der Waals surface area contributed by atoms with Crippen LogP contribution in [0.25, 0.3) is 0 Å². The zero-order valence-electron chi connectivity index (χ0n) is 12.3. The number of rotatable bonds is 4. The summed E-state index contributed by atoms with van der Waals surface area (Å²) in [5.74, 6) is 0. The van der Waals surface area contributed by atoms with Gasteiger partial charge in [0.1, 0.15) is 0 Å². The van der Waals surface area contributed by atoms with E-state index >= 15 is 0 Å². The molecule has 1 aliphatic rings. The normalized spacial score (nSPS) is 22.8. The van der Waals surface area contributed by atoms with Crippen molar-refractivity contribution in [3.05, 3.63) is 51.9 Å². The van der Waals surface area contributed by atoms with Crippen LogP contribution in [0, 0.1) is 0 Å². The Hall–Kier alpha value is -0.480. The summed E-state index contributed by atoms with van der Waals surface area (Å²) in [6.07, 6.45) is 2.17. The lowest BCUT2D eigenvalue weighted by molar-refractivity contribution is 0.425. The van der Waals surface area contributed by atoms with Gasteiger partial charge >= 0.3 is 0 Å². The highest BCUT2D eigenvalue weighted by atomic mass is 35.5. The van der Waals surface area contributed by atoms with E-state index in [4.69, 9.17) is 11.6 Å². The average molecular weight is 338 g/mol. The van der Waals surface area contributed by atoms with Crippen LogP contribution >= 0.6 is 34.7 Å². The Bertz CT molecular complexity index is 610. The third kappa shape index (κ3) is 3.65. The third-order valence-electron chi connectivity index (χ3n) is 3.88. The molecule has 3 atom stereocenters. The predicted molar refractivity (Wildman–Crippen MR) is 94.7 cm³/mol. The van der Waals surface area contributed by atoms with E-state index in [9.17, 15) is 0 Å². The Balaban J connectivity index is 1.68. The van der Waals surface area contributed by atoms with Crippen molar-refractivity contribution in [1.29, 1.82) is 0 Å². The second-order valence-corrected chi connectivity index (χ2v) is 8.77. The fourth-order valence-corrected chi connectivity index (χ4v) is 5.68. The Morgan fingerprint density at radius 1 is 1.33 bits per heavy atom. The van der Waals surface area contributed by atoms with Gasteiger partial charge in [-0.25, -0.2) is 0 Å². The first kappa shape index (κ1) is 15.4. The van der Waals surface area contributed by atoms with Crippen molar-refractivity contribution in [2.75, 3.05) is 0 Å². The molecule has 2 unspecified atom stereocenters. The maximum absolute atomic E-state index is 6.27. The second-order valence-electron chi connectivity index (χ2n) is 5.74. The second kappa shape index (κ2) is 6.74. The molecule has 2 aromatic rings. The number of hydrogen-bond donors (Lipinski definition) is 1. The van der Waals surface area contributed by atoms with Gasteiger partial charge in [0.05, 0.1) is 4.21 Å². The molecule has 0 bridgehead atoms. The topological polar surface area (TPSA) is 12.0 Å². The molecule has 2 heterocycles. The Morgan fingerprint density at radius 3 is 2.95 bits per heavy atom. The first-order valence-corrected chi connectivity index (χ1v) is 9.50. The zero-order valence-corrected chi connectivity index (χ0v) is 14.7. The molecule has 0 aliphatic carbocycles. The molecule has 4 heteroatoms. The van der Waals surface area contributed by atoms with Crippen LogP contribution in [-0.2, 0) is 6.42 Å². The SMILES string of the molecule is CC(Cc1ccccc1Cl)NC1C[C@H](C)Sc2sccc21. The van der Waals surface area contributed by atoms with Gasteiger partial charge in [-0.2, -0.15) is 0 Å². The van der Waals surface area contributed by atoms with Crippen molar-refractivity contribution in [1.82, 2.24) is 5.32 Å². The molecule has 1 N–H and O–H groups in total. The standard InChI is InChI=1S/C17H20ClNS2/c1-11(9-13-5-3-4-6-15(13)18)19-16-10-12(2)21-17-14(16)7-8-20-17/h3-8,11-12,16,19H,9-10H2,1-2H3/t11?,12-,16?/m0/s1. The maximum Gasteiger partial charge on any atom is 0.0649 e. The fraction of sp³-hybridized carbons (Fsp3) is 0.412. The van der Waals surface area contributed by atoms with E-state index in [0.717, 1.165) is 11.4 Å². The van der Waals surface area contributed by atoms with Crippen molar-refractivity contribution in [3.8, 4) is 0 Å². The number of halogens is 1. The number of thiophene rings is 1. The summed E-state index contributed by atoms with van der Waals surface area (Å²) in [5.41, 5.74) is 2.71. The van der Waals surface area contributed by atoms with Crippen molar-refractivity contribution >= 4 is 34.7 Å². The molecule has 0 radical (unpaired) electrons. The van der Waals surface area contributed by atoms with Gasteiger partial charge in [-0.1, -0.05) is 36.7 Å². The molecule has 0 fully saturated rings. The van der Waals surface area contributed by atoms with E-state index in [-0.39, 0.29) is 0 Å². The highest BCUT2D eigenvalue weighted by molar-refractivity contribution is 8.01. The van der Waals surface area contributed by atoms with Crippen LogP contribution in [0.2, 0.25) is 5.02 Å². The molecule has 0 saturated heterocycles. The van der Waals surface area contributed by atoms with Crippen molar-refractivity contribution < 1.29 is 0 Å². The smallest absolute Gasteiger partial charge is 0.0649 e. The number of benzene rings is 1.